The summed E-state index contributed by atoms with van der Waals surface area (Å²) in [5, 5.41) is 26.7. The number of nitrogens with zero attached hydrogens (tertiary/aromatic N) is 5. The molecule has 3 heterocycles. The van der Waals surface area contributed by atoms with E-state index in [4.69, 9.17) is 0 Å². The van der Waals surface area contributed by atoms with Gasteiger partial charge in [-0.05, 0) is 73.2 Å². The lowest BCUT2D eigenvalue weighted by atomic mass is 9.93. The Hall–Kier alpha value is -3.82. The van der Waals surface area contributed by atoms with Crippen LogP contribution in [0.2, 0.25) is 0 Å². The SMILES string of the molecule is OC1CCC(NCc2ccn3ncnc(Nc4ccc5c(cnn5Cc5cccc(F)c5)c4)c23)CC1. The van der Waals surface area contributed by atoms with Crippen molar-refractivity contribution in [2.24, 2.45) is 0 Å². The molecule has 3 aromatic heterocycles. The molecule has 36 heavy (non-hydrogen) atoms. The Morgan fingerprint density at radius 1 is 1.03 bits per heavy atom. The topological polar surface area (TPSA) is 92.3 Å². The fraction of sp³-hybridized carbons (Fsp3) is 0.296. The van der Waals surface area contributed by atoms with Crippen molar-refractivity contribution in [1.29, 1.82) is 0 Å². The van der Waals surface area contributed by atoms with Gasteiger partial charge in [-0.25, -0.2) is 13.9 Å². The summed E-state index contributed by atoms with van der Waals surface area (Å²) >= 11 is 0. The number of fused-ring (bicyclic) bond motifs is 2. The lowest BCUT2D eigenvalue weighted by Crippen LogP contribution is -2.34. The molecule has 1 saturated carbocycles. The van der Waals surface area contributed by atoms with Gasteiger partial charge in [0.2, 0.25) is 0 Å². The molecule has 0 atom stereocenters. The summed E-state index contributed by atoms with van der Waals surface area (Å²) in [5.74, 6) is 0.487. The van der Waals surface area contributed by atoms with Gasteiger partial charge in [-0.15, -0.1) is 0 Å². The van der Waals surface area contributed by atoms with Crippen LogP contribution in [0.25, 0.3) is 16.4 Å². The van der Waals surface area contributed by atoms with E-state index in [1.54, 1.807) is 12.4 Å². The van der Waals surface area contributed by atoms with Crippen LogP contribution in [0.1, 0.15) is 36.8 Å². The van der Waals surface area contributed by atoms with Crippen molar-refractivity contribution in [1.82, 2.24) is 29.7 Å². The van der Waals surface area contributed by atoms with Crippen LogP contribution in [0.5, 0.6) is 0 Å². The minimum absolute atomic E-state index is 0.159. The van der Waals surface area contributed by atoms with Gasteiger partial charge < -0.3 is 15.7 Å². The number of benzene rings is 2. The van der Waals surface area contributed by atoms with E-state index in [0.717, 1.165) is 64.7 Å². The molecule has 9 heteroatoms. The number of anilines is 2. The van der Waals surface area contributed by atoms with E-state index < -0.39 is 0 Å². The van der Waals surface area contributed by atoms with E-state index >= 15 is 0 Å². The van der Waals surface area contributed by atoms with Crippen molar-refractivity contribution < 1.29 is 9.50 Å². The highest BCUT2D eigenvalue weighted by Crippen LogP contribution is 2.27. The molecule has 0 amide bonds. The van der Waals surface area contributed by atoms with Gasteiger partial charge >= 0.3 is 0 Å². The molecular formula is C27H28FN7O. The largest absolute Gasteiger partial charge is 0.393 e. The summed E-state index contributed by atoms with van der Waals surface area (Å²) in [6.45, 7) is 1.21. The third-order valence-corrected chi connectivity index (χ3v) is 6.94. The maximum Gasteiger partial charge on any atom is 0.158 e. The number of aromatic nitrogens is 5. The highest BCUT2D eigenvalue weighted by Gasteiger charge is 2.19. The summed E-state index contributed by atoms with van der Waals surface area (Å²) in [4.78, 5) is 4.53. The summed E-state index contributed by atoms with van der Waals surface area (Å²) in [6, 6.07) is 15.1. The first-order valence-corrected chi connectivity index (χ1v) is 12.3. The van der Waals surface area contributed by atoms with Crippen LogP contribution in [-0.4, -0.2) is 41.6 Å². The highest BCUT2D eigenvalue weighted by atomic mass is 19.1. The number of aliphatic hydroxyl groups excluding tert-OH is 1. The molecule has 0 bridgehead atoms. The predicted molar refractivity (Wildman–Crippen MR) is 137 cm³/mol. The van der Waals surface area contributed by atoms with E-state index in [0.29, 0.717) is 19.1 Å². The Labute approximate surface area is 207 Å². The van der Waals surface area contributed by atoms with Gasteiger partial charge in [0, 0.05) is 29.9 Å². The first kappa shape index (κ1) is 22.6. The third-order valence-electron chi connectivity index (χ3n) is 6.94. The number of nitrogens with one attached hydrogen (secondary N) is 2. The van der Waals surface area contributed by atoms with Crippen molar-refractivity contribution in [2.45, 2.75) is 50.9 Å². The molecule has 3 N–H and O–H groups in total. The van der Waals surface area contributed by atoms with Crippen LogP contribution in [0, 0.1) is 5.82 Å². The molecule has 1 aliphatic carbocycles. The molecule has 1 aliphatic rings. The molecule has 6 rings (SSSR count). The molecule has 5 aromatic rings. The molecule has 0 aliphatic heterocycles. The second-order valence-electron chi connectivity index (χ2n) is 9.46. The van der Waals surface area contributed by atoms with E-state index in [-0.39, 0.29) is 11.9 Å². The van der Waals surface area contributed by atoms with Gasteiger partial charge in [0.15, 0.2) is 5.82 Å². The fourth-order valence-electron chi connectivity index (χ4n) is 5.02. The first-order chi connectivity index (χ1) is 17.6. The predicted octanol–water partition coefficient (Wildman–Crippen LogP) is 4.40. The zero-order valence-electron chi connectivity index (χ0n) is 19.8. The zero-order chi connectivity index (χ0) is 24.5. The van der Waals surface area contributed by atoms with Crippen LogP contribution in [0.3, 0.4) is 0 Å². The lowest BCUT2D eigenvalue weighted by molar-refractivity contribution is 0.116. The lowest BCUT2D eigenvalue weighted by Gasteiger charge is -2.26. The maximum absolute atomic E-state index is 13.6. The van der Waals surface area contributed by atoms with Gasteiger partial charge in [-0.1, -0.05) is 12.1 Å². The third kappa shape index (κ3) is 4.67. The van der Waals surface area contributed by atoms with Crippen molar-refractivity contribution in [3.63, 3.8) is 0 Å². The molecule has 0 radical (unpaired) electrons. The van der Waals surface area contributed by atoms with Crippen LogP contribution in [0.15, 0.2) is 67.3 Å². The second kappa shape index (κ2) is 9.67. The van der Waals surface area contributed by atoms with Gasteiger partial charge in [-0.3, -0.25) is 4.68 Å². The fourth-order valence-corrected chi connectivity index (χ4v) is 5.02. The molecule has 184 valence electrons. The Bertz CT molecular complexity index is 1500. The monoisotopic (exact) mass is 485 g/mol. The van der Waals surface area contributed by atoms with Crippen molar-refractivity contribution in [3.05, 3.63) is 84.2 Å². The number of rotatable bonds is 7. The van der Waals surface area contributed by atoms with E-state index in [2.05, 4.69) is 31.9 Å². The summed E-state index contributed by atoms with van der Waals surface area (Å²) in [5.41, 5.74) is 4.79. The Morgan fingerprint density at radius 3 is 2.78 bits per heavy atom. The van der Waals surface area contributed by atoms with Gasteiger partial charge in [0.25, 0.3) is 0 Å². The second-order valence-corrected chi connectivity index (χ2v) is 9.46. The van der Waals surface area contributed by atoms with E-state index in [1.165, 1.54) is 12.1 Å². The summed E-state index contributed by atoms with van der Waals surface area (Å²) in [7, 11) is 0. The van der Waals surface area contributed by atoms with Gasteiger partial charge in [0.05, 0.1) is 24.4 Å². The van der Waals surface area contributed by atoms with Crippen molar-refractivity contribution in [3.8, 4) is 0 Å². The summed E-state index contributed by atoms with van der Waals surface area (Å²) in [6.07, 6.45) is 8.84. The zero-order valence-corrected chi connectivity index (χ0v) is 19.8. The maximum atomic E-state index is 13.6. The summed E-state index contributed by atoms with van der Waals surface area (Å²) < 4.78 is 17.3. The van der Waals surface area contributed by atoms with Gasteiger partial charge in [-0.2, -0.15) is 10.2 Å². The molecule has 0 unspecified atom stereocenters. The number of halogens is 1. The molecule has 1 fully saturated rings. The van der Waals surface area contributed by atoms with Crippen molar-refractivity contribution >= 4 is 27.9 Å². The Morgan fingerprint density at radius 2 is 1.92 bits per heavy atom. The number of aliphatic hydroxyl groups is 1. The minimum atomic E-state index is -0.246. The van der Waals surface area contributed by atoms with E-state index in [9.17, 15) is 9.50 Å². The Balaban J connectivity index is 1.21. The van der Waals surface area contributed by atoms with Crippen LogP contribution >= 0.6 is 0 Å². The first-order valence-electron chi connectivity index (χ1n) is 12.3. The number of hydrogen-bond acceptors (Lipinski definition) is 6. The molecule has 8 nitrogen and oxygen atoms in total. The standard InChI is InChI=1S/C27H28FN7O/c28-21-3-1-2-18(12-21)16-35-25-9-6-23(13-20(25)15-31-35)33-27-26-19(10-11-34(26)32-17-30-27)14-29-22-4-7-24(36)8-5-22/h1-3,6,9-13,15,17,22,24,29,36H,4-5,7-8,14,16H2,(H,30,32,33). The normalized spacial score (nSPS) is 18.2. The molecular weight excluding hydrogens is 457 g/mol. The van der Waals surface area contributed by atoms with Crippen LogP contribution in [0.4, 0.5) is 15.9 Å². The average molecular weight is 486 g/mol. The minimum Gasteiger partial charge on any atom is -0.393 e. The highest BCUT2D eigenvalue weighted by molar-refractivity contribution is 5.85. The molecule has 0 spiro atoms. The van der Waals surface area contributed by atoms with Gasteiger partial charge in [0.1, 0.15) is 17.7 Å². The molecule has 2 aromatic carbocycles. The smallest absolute Gasteiger partial charge is 0.158 e. The van der Waals surface area contributed by atoms with Crippen molar-refractivity contribution in [2.75, 3.05) is 5.32 Å². The number of hydrogen-bond donors (Lipinski definition) is 3. The van der Waals surface area contributed by atoms with Crippen LogP contribution < -0.4 is 10.6 Å². The quantitative estimate of drug-likeness (QED) is 0.316. The van der Waals surface area contributed by atoms with Crippen LogP contribution in [-0.2, 0) is 13.1 Å². The molecule has 0 saturated heterocycles. The average Bonchev–Trinajstić information content (AvgIpc) is 3.48. The van der Waals surface area contributed by atoms with E-state index in [1.807, 2.05) is 45.9 Å². The Kier molecular flexibility index (Phi) is 6.08.